The Morgan fingerprint density at radius 3 is 2.33 bits per heavy atom. The molecule has 1 aliphatic heterocycles. The molecular formula is C33H35N3O6. The highest BCUT2D eigenvalue weighted by Crippen LogP contribution is 2.35. The summed E-state index contributed by atoms with van der Waals surface area (Å²) < 4.78 is 10.5. The largest absolute Gasteiger partial charge is 0.465 e. The first kappa shape index (κ1) is 30.0. The molecule has 1 atom stereocenters. The summed E-state index contributed by atoms with van der Waals surface area (Å²) in [5.74, 6) is -1.43. The van der Waals surface area contributed by atoms with Crippen LogP contribution in [0.15, 0.2) is 84.9 Å². The number of carbonyl (C=O) groups is 4. The third kappa shape index (κ3) is 7.84. The molecule has 1 aliphatic rings. The number of anilines is 2. The van der Waals surface area contributed by atoms with Gasteiger partial charge in [0.05, 0.1) is 18.7 Å². The van der Waals surface area contributed by atoms with Crippen LogP contribution >= 0.6 is 0 Å². The number of hydrogen-bond donors (Lipinski definition) is 2. The van der Waals surface area contributed by atoms with Crippen molar-refractivity contribution < 1.29 is 28.7 Å². The van der Waals surface area contributed by atoms with Gasteiger partial charge < -0.3 is 20.1 Å². The normalized spacial score (nSPS) is 14.7. The predicted octanol–water partition coefficient (Wildman–Crippen LogP) is 5.10. The molecule has 0 radical (unpaired) electrons. The number of ether oxygens (including phenoxy) is 2. The Hall–Kier alpha value is -4.92. The van der Waals surface area contributed by atoms with E-state index in [0.717, 1.165) is 16.7 Å². The Balaban J connectivity index is 1.61. The van der Waals surface area contributed by atoms with Gasteiger partial charge in [-0.1, -0.05) is 60.7 Å². The van der Waals surface area contributed by atoms with Crippen LogP contribution in [0.25, 0.3) is 5.57 Å². The lowest BCUT2D eigenvalue weighted by molar-refractivity contribution is -0.154. The lowest BCUT2D eigenvalue weighted by Gasteiger charge is -2.25. The first-order chi connectivity index (χ1) is 20.0. The minimum Gasteiger partial charge on any atom is -0.465 e. The molecule has 2 N–H and O–H groups in total. The molecule has 42 heavy (non-hydrogen) atoms. The van der Waals surface area contributed by atoms with Gasteiger partial charge in [-0.3, -0.25) is 19.3 Å². The number of esters is 2. The number of fused-ring (bicyclic) bond motifs is 1. The molecule has 0 saturated heterocycles. The van der Waals surface area contributed by atoms with Crippen molar-refractivity contribution in [3.63, 3.8) is 0 Å². The number of rotatable bonds is 8. The van der Waals surface area contributed by atoms with E-state index >= 15 is 0 Å². The van der Waals surface area contributed by atoms with Crippen molar-refractivity contribution in [2.24, 2.45) is 0 Å². The van der Waals surface area contributed by atoms with Crippen LogP contribution in [-0.4, -0.2) is 48.7 Å². The maximum Gasteiger partial charge on any atom is 0.326 e. The molecule has 1 unspecified atom stereocenters. The molecule has 1 heterocycles. The first-order valence-electron chi connectivity index (χ1n) is 13.8. The number of nitrogens with one attached hydrogen (secondary N) is 2. The van der Waals surface area contributed by atoms with Crippen LogP contribution < -0.4 is 15.5 Å². The molecule has 218 valence electrons. The Morgan fingerprint density at radius 2 is 1.62 bits per heavy atom. The zero-order valence-electron chi connectivity index (χ0n) is 24.2. The first-order valence-corrected chi connectivity index (χ1v) is 13.8. The summed E-state index contributed by atoms with van der Waals surface area (Å²) in [6, 6.07) is 21.9. The number of amides is 3. The van der Waals surface area contributed by atoms with E-state index in [4.69, 9.17) is 9.47 Å². The van der Waals surface area contributed by atoms with E-state index in [0.29, 0.717) is 16.9 Å². The quantitative estimate of drug-likeness (QED) is 0.365. The highest BCUT2D eigenvalue weighted by molar-refractivity contribution is 6.09. The second-order valence-electron chi connectivity index (χ2n) is 10.7. The fourth-order valence-corrected chi connectivity index (χ4v) is 4.63. The fourth-order valence-electron chi connectivity index (χ4n) is 4.63. The van der Waals surface area contributed by atoms with Crippen molar-refractivity contribution in [3.05, 3.63) is 102 Å². The van der Waals surface area contributed by atoms with Crippen LogP contribution in [0.5, 0.6) is 0 Å². The molecule has 4 rings (SSSR count). The van der Waals surface area contributed by atoms with Crippen LogP contribution in [-0.2, 0) is 30.3 Å². The van der Waals surface area contributed by atoms with Crippen molar-refractivity contribution in [1.29, 1.82) is 0 Å². The highest BCUT2D eigenvalue weighted by Gasteiger charge is 2.33. The average Bonchev–Trinajstić information content (AvgIpc) is 3.03. The number of para-hydroxylation sites is 1. The summed E-state index contributed by atoms with van der Waals surface area (Å²) in [5.41, 5.74) is 3.34. The van der Waals surface area contributed by atoms with E-state index in [-0.39, 0.29) is 25.5 Å². The zero-order chi connectivity index (χ0) is 30.3. The van der Waals surface area contributed by atoms with Gasteiger partial charge in [-0.05, 0) is 68.7 Å². The summed E-state index contributed by atoms with van der Waals surface area (Å²) in [6.07, 6.45) is 1.74. The summed E-state index contributed by atoms with van der Waals surface area (Å²) in [5, 5.41) is 5.51. The van der Waals surface area contributed by atoms with Gasteiger partial charge in [-0.25, -0.2) is 4.79 Å². The fraction of sp³-hybridized carbons (Fsp3) is 0.273. The van der Waals surface area contributed by atoms with Gasteiger partial charge in [0.1, 0.15) is 18.2 Å². The van der Waals surface area contributed by atoms with Gasteiger partial charge in [-0.2, -0.15) is 0 Å². The van der Waals surface area contributed by atoms with Crippen molar-refractivity contribution in [1.82, 2.24) is 5.32 Å². The van der Waals surface area contributed by atoms with Gasteiger partial charge in [0.2, 0.25) is 0 Å². The molecular weight excluding hydrogens is 534 g/mol. The molecule has 3 aromatic rings. The number of benzene rings is 3. The van der Waals surface area contributed by atoms with E-state index in [1.165, 1.54) is 4.90 Å². The molecule has 3 amide bonds. The minimum atomic E-state index is -1.10. The standard InChI is InChI=1S/C33H35N3O6/c1-5-41-30(38)21-36-28-17-10-9-16-25(28)26(23-13-7-6-8-14-23)20-27(31(36)39)35-32(40)34-24-15-11-12-22(18-24)19-29(37)42-33(2,3)4/h6-18,20,27H,5,19,21H2,1-4H3,(H2,34,35,40). The van der Waals surface area contributed by atoms with Gasteiger partial charge in [0.25, 0.3) is 5.91 Å². The molecule has 0 bridgehead atoms. The Morgan fingerprint density at radius 1 is 0.905 bits per heavy atom. The third-order valence-electron chi connectivity index (χ3n) is 6.27. The SMILES string of the molecule is CCOC(=O)CN1C(=O)C(NC(=O)Nc2cccc(CC(=O)OC(C)(C)C)c2)C=C(c2ccccc2)c2ccccc21. The van der Waals surface area contributed by atoms with E-state index in [2.05, 4.69) is 10.6 Å². The molecule has 0 aliphatic carbocycles. The van der Waals surface area contributed by atoms with Crippen molar-refractivity contribution in [2.45, 2.75) is 45.8 Å². The van der Waals surface area contributed by atoms with E-state index in [1.807, 2.05) is 42.5 Å². The monoisotopic (exact) mass is 569 g/mol. The van der Waals surface area contributed by atoms with Gasteiger partial charge in [0, 0.05) is 11.3 Å². The molecule has 3 aromatic carbocycles. The lowest BCUT2D eigenvalue weighted by Crippen LogP contribution is -2.50. The lowest BCUT2D eigenvalue weighted by atomic mass is 9.95. The van der Waals surface area contributed by atoms with E-state index < -0.39 is 29.6 Å². The maximum absolute atomic E-state index is 13.9. The van der Waals surface area contributed by atoms with E-state index in [9.17, 15) is 19.2 Å². The number of nitrogens with zero attached hydrogens (tertiary/aromatic N) is 1. The second-order valence-corrected chi connectivity index (χ2v) is 10.7. The summed E-state index contributed by atoms with van der Waals surface area (Å²) in [7, 11) is 0. The number of carbonyl (C=O) groups excluding carboxylic acids is 4. The molecule has 0 aromatic heterocycles. The van der Waals surface area contributed by atoms with Crippen LogP contribution in [0.2, 0.25) is 0 Å². The van der Waals surface area contributed by atoms with Gasteiger partial charge >= 0.3 is 18.0 Å². The highest BCUT2D eigenvalue weighted by atomic mass is 16.6. The Labute approximate surface area is 245 Å². The summed E-state index contributed by atoms with van der Waals surface area (Å²) in [6.45, 7) is 6.95. The van der Waals surface area contributed by atoms with Crippen molar-refractivity contribution in [3.8, 4) is 0 Å². The number of hydrogen-bond acceptors (Lipinski definition) is 6. The summed E-state index contributed by atoms with van der Waals surface area (Å²) >= 11 is 0. The molecule has 0 saturated carbocycles. The van der Waals surface area contributed by atoms with Crippen LogP contribution in [0.3, 0.4) is 0 Å². The van der Waals surface area contributed by atoms with Crippen LogP contribution in [0.4, 0.5) is 16.2 Å². The topological polar surface area (TPSA) is 114 Å². The summed E-state index contributed by atoms with van der Waals surface area (Å²) in [4.78, 5) is 53.2. The second kappa shape index (κ2) is 13.2. The van der Waals surface area contributed by atoms with Crippen LogP contribution in [0.1, 0.15) is 44.4 Å². The average molecular weight is 570 g/mol. The van der Waals surface area contributed by atoms with Crippen molar-refractivity contribution in [2.75, 3.05) is 23.4 Å². The molecule has 9 nitrogen and oxygen atoms in total. The Kier molecular flexibility index (Phi) is 9.42. The smallest absolute Gasteiger partial charge is 0.326 e. The Bertz CT molecular complexity index is 1490. The van der Waals surface area contributed by atoms with E-state index in [1.54, 1.807) is 70.2 Å². The number of urea groups is 1. The molecule has 0 spiro atoms. The van der Waals surface area contributed by atoms with Crippen LogP contribution in [0, 0.1) is 0 Å². The molecule has 0 fully saturated rings. The van der Waals surface area contributed by atoms with Crippen molar-refractivity contribution >= 4 is 40.8 Å². The minimum absolute atomic E-state index is 0.0414. The van der Waals surface area contributed by atoms with Gasteiger partial charge in [0.15, 0.2) is 0 Å². The predicted molar refractivity (Wildman–Crippen MR) is 161 cm³/mol. The molecule has 9 heteroatoms. The zero-order valence-corrected chi connectivity index (χ0v) is 24.2. The van der Waals surface area contributed by atoms with Gasteiger partial charge in [-0.15, -0.1) is 0 Å². The maximum atomic E-state index is 13.9. The third-order valence-corrected chi connectivity index (χ3v) is 6.27.